The van der Waals surface area contributed by atoms with Gasteiger partial charge < -0.3 is 4.90 Å². The van der Waals surface area contributed by atoms with E-state index in [0.29, 0.717) is 11.2 Å². The highest BCUT2D eigenvalue weighted by atomic mass is 35.5. The Morgan fingerprint density at radius 1 is 1.09 bits per heavy atom. The summed E-state index contributed by atoms with van der Waals surface area (Å²) in [5.74, 6) is 8.21. The lowest BCUT2D eigenvalue weighted by Gasteiger charge is -2.34. The Morgan fingerprint density at radius 2 is 1.82 bits per heavy atom. The Labute approximate surface area is 138 Å². The molecule has 2 rings (SSSR count). The van der Waals surface area contributed by atoms with Gasteiger partial charge in [0.25, 0.3) is 0 Å². The Bertz CT molecular complexity index is 510. The standard InChI is InChI=1S/C17H25ClN4/c1-21(2)13-5-4-6-14-7-9-15(10-8-14)22(3)17-12-11-16(18)19-20-17/h11-12,14-15H,6-10,13H2,1-3H3/t14-,15-. The van der Waals surface area contributed by atoms with Crippen LogP contribution >= 0.6 is 11.6 Å². The number of rotatable bonds is 4. The fourth-order valence-electron chi connectivity index (χ4n) is 2.85. The van der Waals surface area contributed by atoms with Gasteiger partial charge in [-0.2, -0.15) is 0 Å². The van der Waals surface area contributed by atoms with Gasteiger partial charge in [0.05, 0.1) is 6.54 Å². The van der Waals surface area contributed by atoms with E-state index in [2.05, 4.69) is 53.0 Å². The molecule has 0 unspecified atom stereocenters. The summed E-state index contributed by atoms with van der Waals surface area (Å²) in [6.45, 7) is 0.854. The van der Waals surface area contributed by atoms with Crippen molar-refractivity contribution in [3.8, 4) is 11.8 Å². The van der Waals surface area contributed by atoms with Gasteiger partial charge in [-0.15, -0.1) is 16.1 Å². The molecule has 0 spiro atoms. The van der Waals surface area contributed by atoms with Gasteiger partial charge in [-0.05, 0) is 57.8 Å². The summed E-state index contributed by atoms with van der Waals surface area (Å²) >= 11 is 5.79. The number of hydrogen-bond donors (Lipinski definition) is 0. The monoisotopic (exact) mass is 320 g/mol. The zero-order valence-corrected chi connectivity index (χ0v) is 14.5. The average molecular weight is 321 g/mol. The van der Waals surface area contributed by atoms with Crippen molar-refractivity contribution in [1.29, 1.82) is 0 Å². The Balaban J connectivity index is 1.78. The summed E-state index contributed by atoms with van der Waals surface area (Å²) in [6, 6.07) is 4.28. The van der Waals surface area contributed by atoms with Crippen LogP contribution < -0.4 is 4.90 Å². The van der Waals surface area contributed by atoms with Gasteiger partial charge in [0.1, 0.15) is 0 Å². The highest BCUT2D eigenvalue weighted by Crippen LogP contribution is 2.30. The smallest absolute Gasteiger partial charge is 0.151 e. The average Bonchev–Trinajstić information content (AvgIpc) is 2.52. The van der Waals surface area contributed by atoms with Gasteiger partial charge in [0, 0.05) is 19.5 Å². The fraction of sp³-hybridized carbons (Fsp3) is 0.647. The second kappa shape index (κ2) is 8.36. The summed E-state index contributed by atoms with van der Waals surface area (Å²) in [4.78, 5) is 4.34. The molecule has 1 aromatic heterocycles. The van der Waals surface area contributed by atoms with Crippen molar-refractivity contribution < 1.29 is 0 Å². The maximum atomic E-state index is 5.79. The van der Waals surface area contributed by atoms with Crippen LogP contribution in [0.15, 0.2) is 12.1 Å². The molecule has 0 atom stereocenters. The first-order valence-electron chi connectivity index (χ1n) is 7.88. The third-order valence-corrected chi connectivity index (χ3v) is 4.46. The van der Waals surface area contributed by atoms with Crippen LogP contribution in [0.3, 0.4) is 0 Å². The maximum Gasteiger partial charge on any atom is 0.151 e. The highest BCUT2D eigenvalue weighted by Gasteiger charge is 2.24. The topological polar surface area (TPSA) is 32.3 Å². The summed E-state index contributed by atoms with van der Waals surface area (Å²) in [6.07, 6.45) is 5.91. The van der Waals surface area contributed by atoms with E-state index in [1.54, 1.807) is 6.07 Å². The molecule has 1 aliphatic carbocycles. The van der Waals surface area contributed by atoms with E-state index in [9.17, 15) is 0 Å². The molecular weight excluding hydrogens is 296 g/mol. The molecule has 1 saturated carbocycles. The van der Waals surface area contributed by atoms with Gasteiger partial charge in [-0.25, -0.2) is 0 Å². The lowest BCUT2D eigenvalue weighted by Crippen LogP contribution is -2.35. The summed E-state index contributed by atoms with van der Waals surface area (Å²) in [7, 11) is 6.20. The largest absolute Gasteiger partial charge is 0.355 e. The van der Waals surface area contributed by atoms with Crippen molar-refractivity contribution in [2.24, 2.45) is 5.92 Å². The molecule has 22 heavy (non-hydrogen) atoms. The van der Waals surface area contributed by atoms with Crippen molar-refractivity contribution >= 4 is 17.4 Å². The molecular formula is C17H25ClN4. The molecule has 4 nitrogen and oxygen atoms in total. The molecule has 1 heterocycles. The molecule has 5 heteroatoms. The molecule has 0 bridgehead atoms. The zero-order chi connectivity index (χ0) is 15.9. The van der Waals surface area contributed by atoms with Gasteiger partial charge >= 0.3 is 0 Å². The van der Waals surface area contributed by atoms with Crippen LogP contribution in [0.25, 0.3) is 0 Å². The number of anilines is 1. The van der Waals surface area contributed by atoms with E-state index in [0.717, 1.165) is 24.7 Å². The molecule has 0 saturated heterocycles. The summed E-state index contributed by atoms with van der Waals surface area (Å²) in [5, 5.41) is 8.53. The lowest BCUT2D eigenvalue weighted by atomic mass is 9.84. The van der Waals surface area contributed by atoms with E-state index in [1.807, 2.05) is 6.07 Å². The van der Waals surface area contributed by atoms with Crippen LogP contribution in [0.5, 0.6) is 0 Å². The predicted octanol–water partition coefficient (Wildman–Crippen LogP) is 3.08. The number of aromatic nitrogens is 2. The van der Waals surface area contributed by atoms with E-state index in [4.69, 9.17) is 11.6 Å². The number of halogens is 1. The zero-order valence-electron chi connectivity index (χ0n) is 13.7. The van der Waals surface area contributed by atoms with Gasteiger partial charge in [0.15, 0.2) is 11.0 Å². The quantitative estimate of drug-likeness (QED) is 0.798. The van der Waals surface area contributed by atoms with Crippen molar-refractivity contribution in [2.75, 3.05) is 32.6 Å². The molecule has 0 amide bonds. The van der Waals surface area contributed by atoms with Gasteiger partial charge in [-0.3, -0.25) is 4.90 Å². The van der Waals surface area contributed by atoms with E-state index in [1.165, 1.54) is 25.7 Å². The molecule has 0 N–H and O–H groups in total. The fourth-order valence-corrected chi connectivity index (χ4v) is 2.95. The lowest BCUT2D eigenvalue weighted by molar-refractivity contribution is 0.324. The molecule has 0 aliphatic heterocycles. The van der Waals surface area contributed by atoms with Crippen LogP contribution in [-0.4, -0.2) is 48.8 Å². The third-order valence-electron chi connectivity index (χ3n) is 4.25. The summed E-state index contributed by atoms with van der Waals surface area (Å²) in [5.41, 5.74) is 0. The molecule has 1 aromatic rings. The second-order valence-electron chi connectivity index (χ2n) is 6.30. The third kappa shape index (κ3) is 5.15. The molecule has 120 valence electrons. The van der Waals surface area contributed by atoms with Crippen molar-refractivity contribution in [1.82, 2.24) is 15.1 Å². The molecule has 0 radical (unpaired) electrons. The SMILES string of the molecule is CN(C)CC#CC[C@H]1CC[C@H](N(C)c2ccc(Cl)nn2)CC1. The van der Waals surface area contributed by atoms with Crippen molar-refractivity contribution in [3.05, 3.63) is 17.3 Å². The van der Waals surface area contributed by atoms with Gasteiger partial charge in [-0.1, -0.05) is 17.5 Å². The first kappa shape index (κ1) is 17.1. The minimum absolute atomic E-state index is 0.442. The Kier molecular flexibility index (Phi) is 6.48. The van der Waals surface area contributed by atoms with E-state index >= 15 is 0 Å². The van der Waals surface area contributed by atoms with Crippen molar-refractivity contribution in [3.63, 3.8) is 0 Å². The van der Waals surface area contributed by atoms with E-state index in [-0.39, 0.29) is 0 Å². The van der Waals surface area contributed by atoms with Crippen LogP contribution in [0.2, 0.25) is 5.15 Å². The minimum atomic E-state index is 0.442. The normalized spacial score (nSPS) is 21.3. The summed E-state index contributed by atoms with van der Waals surface area (Å²) < 4.78 is 0. The Hall–Kier alpha value is -1.31. The molecule has 1 fully saturated rings. The first-order valence-corrected chi connectivity index (χ1v) is 8.26. The molecule has 0 aromatic carbocycles. The second-order valence-corrected chi connectivity index (χ2v) is 6.68. The van der Waals surface area contributed by atoms with Gasteiger partial charge in [0.2, 0.25) is 0 Å². The molecule has 1 aliphatic rings. The Morgan fingerprint density at radius 3 is 2.41 bits per heavy atom. The minimum Gasteiger partial charge on any atom is -0.355 e. The van der Waals surface area contributed by atoms with Crippen molar-refractivity contribution in [2.45, 2.75) is 38.1 Å². The first-order chi connectivity index (χ1) is 10.6. The van der Waals surface area contributed by atoms with Crippen LogP contribution in [0, 0.1) is 17.8 Å². The number of hydrogen-bond acceptors (Lipinski definition) is 4. The predicted molar refractivity (Wildman–Crippen MR) is 92.1 cm³/mol. The van der Waals surface area contributed by atoms with Crippen LogP contribution in [0.1, 0.15) is 32.1 Å². The number of nitrogens with zero attached hydrogens (tertiary/aromatic N) is 4. The maximum absolute atomic E-state index is 5.79. The van der Waals surface area contributed by atoms with E-state index < -0.39 is 0 Å². The van der Waals surface area contributed by atoms with Crippen LogP contribution in [-0.2, 0) is 0 Å². The highest BCUT2D eigenvalue weighted by molar-refractivity contribution is 6.29. The van der Waals surface area contributed by atoms with Crippen LogP contribution in [0.4, 0.5) is 5.82 Å².